The van der Waals surface area contributed by atoms with Crippen LogP contribution in [0.25, 0.3) is 33.7 Å². The van der Waals surface area contributed by atoms with Crippen LogP contribution in [0.2, 0.25) is 0 Å². The van der Waals surface area contributed by atoms with Crippen LogP contribution in [0.4, 0.5) is 24.7 Å². The third-order valence-electron chi connectivity index (χ3n) is 5.72. The van der Waals surface area contributed by atoms with Crippen molar-refractivity contribution in [3.8, 4) is 22.6 Å². The van der Waals surface area contributed by atoms with Gasteiger partial charge in [-0.1, -0.05) is 0 Å². The summed E-state index contributed by atoms with van der Waals surface area (Å²) >= 11 is 0. The zero-order valence-corrected chi connectivity index (χ0v) is 20.1. The second kappa shape index (κ2) is 10.9. The number of oxazole rings is 1. The van der Waals surface area contributed by atoms with E-state index in [0.29, 0.717) is 40.1 Å². The van der Waals surface area contributed by atoms with E-state index in [1.807, 2.05) is 16.9 Å². The standard InChI is InChI=1S/C22H23N7O2.C2HF3O2/c1-13(30)27-16-2-3-20-19(9-16)28-22(31-20)18-8-14(10-25-21(18)23)15-11-26-29(12-15)17-4-6-24-7-5-17;3-2(4,5)1(6)7/h2-3,8-12,17,24H,4-7H2,1H3,(H2,23,25)(H,27,30);(H,6,7). The molecule has 5 rings (SSSR count). The number of hydrogen-bond acceptors (Lipinski definition) is 8. The van der Waals surface area contributed by atoms with Gasteiger partial charge < -0.3 is 25.9 Å². The minimum absolute atomic E-state index is 0.144. The van der Waals surface area contributed by atoms with Crippen molar-refractivity contribution in [2.24, 2.45) is 0 Å². The van der Waals surface area contributed by atoms with E-state index in [1.54, 1.807) is 24.4 Å². The first kappa shape index (κ1) is 26.6. The minimum Gasteiger partial charge on any atom is -0.475 e. The fourth-order valence-electron chi connectivity index (χ4n) is 3.89. The SMILES string of the molecule is CC(=O)Nc1ccc2oc(-c3cc(-c4cnn(C5CCNCC5)c4)cnc3N)nc2c1.O=C(O)C(F)(F)F. The maximum Gasteiger partial charge on any atom is 0.490 e. The number of halogens is 3. The average Bonchev–Trinajstić information content (AvgIpc) is 3.52. The summed E-state index contributed by atoms with van der Waals surface area (Å²) in [6.07, 6.45) is 2.69. The van der Waals surface area contributed by atoms with Crippen LogP contribution in [0.5, 0.6) is 0 Å². The lowest BCUT2D eigenvalue weighted by molar-refractivity contribution is -0.192. The largest absolute Gasteiger partial charge is 0.490 e. The second-order valence-electron chi connectivity index (χ2n) is 8.53. The minimum atomic E-state index is -5.08. The third-order valence-corrected chi connectivity index (χ3v) is 5.72. The van der Waals surface area contributed by atoms with Gasteiger partial charge in [-0.2, -0.15) is 18.3 Å². The topological polar surface area (TPSA) is 161 Å². The lowest BCUT2D eigenvalue weighted by Gasteiger charge is -2.22. The number of nitrogens with one attached hydrogen (secondary N) is 2. The Morgan fingerprint density at radius 3 is 2.55 bits per heavy atom. The average molecular weight is 531 g/mol. The van der Waals surface area contributed by atoms with Crippen LogP contribution in [0.3, 0.4) is 0 Å². The summed E-state index contributed by atoms with van der Waals surface area (Å²) in [6.45, 7) is 3.48. The number of carboxylic acids is 1. The summed E-state index contributed by atoms with van der Waals surface area (Å²) in [5.41, 5.74) is 10.5. The predicted octanol–water partition coefficient (Wildman–Crippen LogP) is 3.85. The lowest BCUT2D eigenvalue weighted by Crippen LogP contribution is -2.29. The van der Waals surface area contributed by atoms with Crippen molar-refractivity contribution in [3.63, 3.8) is 0 Å². The van der Waals surface area contributed by atoms with E-state index in [0.717, 1.165) is 37.1 Å². The Bertz CT molecular complexity index is 1460. The zero-order chi connectivity index (χ0) is 27.4. The number of piperidine rings is 1. The molecule has 4 aromatic rings. The number of aromatic nitrogens is 4. The molecule has 1 aliphatic heterocycles. The highest BCUT2D eigenvalue weighted by Gasteiger charge is 2.38. The quantitative estimate of drug-likeness (QED) is 0.306. The highest BCUT2D eigenvalue weighted by molar-refractivity contribution is 5.91. The van der Waals surface area contributed by atoms with Crippen LogP contribution < -0.4 is 16.4 Å². The van der Waals surface area contributed by atoms with Gasteiger partial charge >= 0.3 is 12.1 Å². The van der Waals surface area contributed by atoms with Gasteiger partial charge in [0.25, 0.3) is 0 Å². The van der Waals surface area contributed by atoms with Gasteiger partial charge in [-0.15, -0.1) is 0 Å². The number of rotatable bonds is 4. The van der Waals surface area contributed by atoms with E-state index in [4.69, 9.17) is 20.1 Å². The number of benzene rings is 1. The number of hydrogen-bond donors (Lipinski definition) is 4. The number of nitrogens with two attached hydrogens (primary N) is 1. The molecule has 14 heteroatoms. The van der Waals surface area contributed by atoms with Crippen LogP contribution in [-0.4, -0.2) is 56.0 Å². The molecule has 0 bridgehead atoms. The van der Waals surface area contributed by atoms with Crippen molar-refractivity contribution in [3.05, 3.63) is 42.9 Å². The molecule has 11 nitrogen and oxygen atoms in total. The van der Waals surface area contributed by atoms with Gasteiger partial charge in [0, 0.05) is 36.1 Å². The Morgan fingerprint density at radius 2 is 1.89 bits per heavy atom. The van der Waals surface area contributed by atoms with Gasteiger partial charge in [-0.25, -0.2) is 14.8 Å². The van der Waals surface area contributed by atoms with Crippen molar-refractivity contribution >= 4 is 34.5 Å². The zero-order valence-electron chi connectivity index (χ0n) is 20.1. The predicted molar refractivity (Wildman–Crippen MR) is 132 cm³/mol. The number of nitrogens with zero attached hydrogens (tertiary/aromatic N) is 4. The van der Waals surface area contributed by atoms with Crippen LogP contribution in [0.1, 0.15) is 25.8 Å². The molecule has 0 unspecified atom stereocenters. The molecule has 38 heavy (non-hydrogen) atoms. The van der Waals surface area contributed by atoms with E-state index in [9.17, 15) is 18.0 Å². The van der Waals surface area contributed by atoms with Gasteiger partial charge in [0.15, 0.2) is 5.58 Å². The number of amides is 1. The molecule has 1 fully saturated rings. The molecule has 1 saturated heterocycles. The first-order valence-corrected chi connectivity index (χ1v) is 11.5. The van der Waals surface area contributed by atoms with E-state index in [2.05, 4.69) is 31.9 Å². The maximum absolute atomic E-state index is 11.3. The van der Waals surface area contributed by atoms with Crippen LogP contribution >= 0.6 is 0 Å². The Labute approximate surface area is 213 Å². The number of anilines is 2. The molecule has 4 heterocycles. The fourth-order valence-corrected chi connectivity index (χ4v) is 3.89. The molecule has 5 N–H and O–H groups in total. The summed E-state index contributed by atoms with van der Waals surface area (Å²) in [5, 5.41) is 17.8. The Kier molecular flexibility index (Phi) is 7.62. The fraction of sp³-hybridized carbons (Fsp3) is 0.292. The molecule has 0 spiro atoms. The number of carbonyl (C=O) groups excluding carboxylic acids is 1. The van der Waals surface area contributed by atoms with Crippen molar-refractivity contribution in [1.82, 2.24) is 25.1 Å². The number of alkyl halides is 3. The summed E-state index contributed by atoms with van der Waals surface area (Å²) in [5.74, 6) is -2.18. The number of fused-ring (bicyclic) bond motifs is 1. The van der Waals surface area contributed by atoms with E-state index in [-0.39, 0.29) is 5.91 Å². The lowest BCUT2D eigenvalue weighted by atomic mass is 10.1. The normalized spacial score (nSPS) is 14.1. The highest BCUT2D eigenvalue weighted by atomic mass is 19.4. The molecule has 1 aromatic carbocycles. The molecule has 3 aromatic heterocycles. The number of pyridine rings is 1. The Balaban J connectivity index is 0.000000426. The first-order valence-electron chi connectivity index (χ1n) is 11.5. The smallest absolute Gasteiger partial charge is 0.475 e. The van der Waals surface area contributed by atoms with Gasteiger partial charge in [0.1, 0.15) is 11.3 Å². The first-order chi connectivity index (χ1) is 18.0. The van der Waals surface area contributed by atoms with E-state index in [1.165, 1.54) is 6.92 Å². The molecule has 0 atom stereocenters. The molecular weight excluding hydrogens is 507 g/mol. The van der Waals surface area contributed by atoms with Gasteiger partial charge in [-0.05, 0) is 50.2 Å². The molecule has 200 valence electrons. The number of nitrogen functional groups attached to an aromatic ring is 1. The van der Waals surface area contributed by atoms with Crippen molar-refractivity contribution in [1.29, 1.82) is 0 Å². The molecule has 0 saturated carbocycles. The molecule has 0 radical (unpaired) electrons. The van der Waals surface area contributed by atoms with Crippen molar-refractivity contribution in [2.45, 2.75) is 32.0 Å². The van der Waals surface area contributed by atoms with Crippen molar-refractivity contribution in [2.75, 3.05) is 24.1 Å². The summed E-state index contributed by atoms with van der Waals surface area (Å²) in [4.78, 5) is 29.1. The van der Waals surface area contributed by atoms with E-state index >= 15 is 0 Å². The molecular formula is C24H24F3N7O4. The summed E-state index contributed by atoms with van der Waals surface area (Å²) < 4.78 is 39.7. The summed E-state index contributed by atoms with van der Waals surface area (Å²) in [7, 11) is 0. The monoisotopic (exact) mass is 531 g/mol. The summed E-state index contributed by atoms with van der Waals surface area (Å²) in [6, 6.07) is 7.64. The Hall–Kier alpha value is -4.46. The maximum atomic E-state index is 11.3. The second-order valence-corrected chi connectivity index (χ2v) is 8.53. The van der Waals surface area contributed by atoms with Gasteiger partial charge in [-0.3, -0.25) is 9.48 Å². The van der Waals surface area contributed by atoms with Crippen LogP contribution in [0.15, 0.2) is 47.3 Å². The molecule has 0 aliphatic carbocycles. The molecule has 1 amide bonds. The Morgan fingerprint density at radius 1 is 1.18 bits per heavy atom. The highest BCUT2D eigenvalue weighted by Crippen LogP contribution is 2.32. The van der Waals surface area contributed by atoms with Crippen molar-refractivity contribution < 1.29 is 32.3 Å². The number of carbonyl (C=O) groups is 2. The molecule has 1 aliphatic rings. The number of aliphatic carboxylic acids is 1. The van der Waals surface area contributed by atoms with Gasteiger partial charge in [0.2, 0.25) is 11.8 Å². The third kappa shape index (κ3) is 6.26. The number of carboxylic acid groups (broad SMARTS) is 1. The van der Waals surface area contributed by atoms with Crippen LogP contribution in [0, 0.1) is 0 Å². The van der Waals surface area contributed by atoms with Crippen LogP contribution in [-0.2, 0) is 9.59 Å². The van der Waals surface area contributed by atoms with E-state index < -0.39 is 12.1 Å². The van der Waals surface area contributed by atoms with Gasteiger partial charge in [0.05, 0.1) is 17.8 Å².